The van der Waals surface area contributed by atoms with E-state index in [2.05, 4.69) is 0 Å². The number of nitro groups is 1. The first-order valence-electron chi connectivity index (χ1n) is 11.3. The van der Waals surface area contributed by atoms with E-state index in [-0.39, 0.29) is 28.4 Å². The topological polar surface area (TPSA) is 121 Å². The Labute approximate surface area is 211 Å². The molecule has 0 radical (unpaired) electrons. The SMILES string of the molecule is COc1cc([C@H]2[C@H]3C(=O)N(c4ccccc4OC)C(=O)[C@H]3ON2c2ccccc2)c([N+](=O)[O-])cc1OC. The fraction of sp³-hybridized carbons (Fsp3) is 0.231. The van der Waals surface area contributed by atoms with Crippen molar-refractivity contribution >= 4 is 28.9 Å². The largest absolute Gasteiger partial charge is 0.495 e. The molecule has 0 spiro atoms. The number of nitro benzene ring substituents is 1. The van der Waals surface area contributed by atoms with Crippen LogP contribution in [-0.2, 0) is 14.4 Å². The average molecular weight is 505 g/mol. The Balaban J connectivity index is 1.69. The molecule has 2 heterocycles. The van der Waals surface area contributed by atoms with E-state index in [1.807, 2.05) is 0 Å². The van der Waals surface area contributed by atoms with Crippen LogP contribution in [0, 0.1) is 16.0 Å². The average Bonchev–Trinajstić information content (AvgIpc) is 3.43. The lowest BCUT2D eigenvalue weighted by molar-refractivity contribution is -0.385. The van der Waals surface area contributed by atoms with Crippen molar-refractivity contribution in [2.75, 3.05) is 31.3 Å². The minimum absolute atomic E-state index is 0.141. The summed E-state index contributed by atoms with van der Waals surface area (Å²) in [6.07, 6.45) is -1.21. The molecule has 0 N–H and O–H groups in total. The minimum atomic E-state index is -1.21. The van der Waals surface area contributed by atoms with Crippen LogP contribution in [0.4, 0.5) is 17.1 Å². The molecule has 2 aliphatic rings. The molecule has 3 aromatic carbocycles. The molecule has 0 bridgehead atoms. The second-order valence-corrected chi connectivity index (χ2v) is 8.36. The number of carbonyl (C=O) groups excluding carboxylic acids is 2. The fourth-order valence-corrected chi connectivity index (χ4v) is 4.86. The molecule has 0 unspecified atom stereocenters. The molecule has 2 aliphatic heterocycles. The number of hydrogen-bond donors (Lipinski definition) is 0. The summed E-state index contributed by atoms with van der Waals surface area (Å²) in [5.74, 6) is -1.52. The van der Waals surface area contributed by atoms with Crippen molar-refractivity contribution in [2.24, 2.45) is 5.92 Å². The number of rotatable bonds is 7. The van der Waals surface area contributed by atoms with Gasteiger partial charge in [-0.1, -0.05) is 30.3 Å². The van der Waals surface area contributed by atoms with Crippen molar-refractivity contribution in [3.63, 3.8) is 0 Å². The molecule has 190 valence electrons. The highest BCUT2D eigenvalue weighted by molar-refractivity contribution is 6.24. The summed E-state index contributed by atoms with van der Waals surface area (Å²) in [5.41, 5.74) is 0.631. The second-order valence-electron chi connectivity index (χ2n) is 8.36. The number of ether oxygens (including phenoxy) is 3. The molecule has 0 aromatic heterocycles. The predicted octanol–water partition coefficient (Wildman–Crippen LogP) is 3.67. The first kappa shape index (κ1) is 24.1. The number of anilines is 2. The summed E-state index contributed by atoms with van der Waals surface area (Å²) in [6.45, 7) is 0. The summed E-state index contributed by atoms with van der Waals surface area (Å²) in [4.78, 5) is 46.2. The Morgan fingerprint density at radius 1 is 0.838 bits per heavy atom. The summed E-state index contributed by atoms with van der Waals surface area (Å²) in [7, 11) is 4.22. The molecule has 2 saturated heterocycles. The molecule has 37 heavy (non-hydrogen) atoms. The summed E-state index contributed by atoms with van der Waals surface area (Å²) in [5, 5.41) is 13.6. The second kappa shape index (κ2) is 9.43. The van der Waals surface area contributed by atoms with Gasteiger partial charge in [-0.05, 0) is 30.3 Å². The van der Waals surface area contributed by atoms with Crippen LogP contribution >= 0.6 is 0 Å². The monoisotopic (exact) mass is 505 g/mol. The van der Waals surface area contributed by atoms with Gasteiger partial charge in [0.25, 0.3) is 11.6 Å². The van der Waals surface area contributed by atoms with Crippen molar-refractivity contribution in [3.05, 3.63) is 82.4 Å². The number of imide groups is 1. The standard InChI is InChI=1S/C26H23N3O8/c1-34-19-12-8-7-11-17(19)27-25(30)22-23(16-13-20(35-2)21(36-3)14-18(16)29(32)33)28(37-24(22)26(27)31)15-9-5-4-6-10-15/h4-14,22-24H,1-3H3/t22-,23+,24+/m1/s1. The zero-order valence-electron chi connectivity index (χ0n) is 20.2. The van der Waals surface area contributed by atoms with Gasteiger partial charge in [-0.3, -0.25) is 24.5 Å². The van der Waals surface area contributed by atoms with Crippen LogP contribution in [0.25, 0.3) is 0 Å². The highest BCUT2D eigenvalue weighted by Gasteiger charge is 2.61. The smallest absolute Gasteiger partial charge is 0.278 e. The zero-order chi connectivity index (χ0) is 26.3. The van der Waals surface area contributed by atoms with Gasteiger partial charge < -0.3 is 14.2 Å². The van der Waals surface area contributed by atoms with Gasteiger partial charge in [0.1, 0.15) is 17.7 Å². The van der Waals surface area contributed by atoms with Gasteiger partial charge in [-0.2, -0.15) is 0 Å². The Morgan fingerprint density at radius 3 is 2.11 bits per heavy atom. The van der Waals surface area contributed by atoms with Gasteiger partial charge in [0.05, 0.1) is 49.3 Å². The number of nitrogens with zero attached hydrogens (tertiary/aromatic N) is 3. The third-order valence-corrected chi connectivity index (χ3v) is 6.50. The number of fused-ring (bicyclic) bond motifs is 1. The van der Waals surface area contributed by atoms with Crippen molar-refractivity contribution < 1.29 is 33.6 Å². The summed E-state index contributed by atoms with van der Waals surface area (Å²) < 4.78 is 16.0. The lowest BCUT2D eigenvalue weighted by Gasteiger charge is -2.29. The van der Waals surface area contributed by atoms with Gasteiger partial charge in [0.2, 0.25) is 5.91 Å². The Morgan fingerprint density at radius 2 is 1.46 bits per heavy atom. The lowest BCUT2D eigenvalue weighted by Crippen LogP contribution is -2.37. The zero-order valence-corrected chi connectivity index (χ0v) is 20.2. The van der Waals surface area contributed by atoms with Crippen molar-refractivity contribution in [1.29, 1.82) is 0 Å². The maximum atomic E-state index is 13.9. The van der Waals surface area contributed by atoms with Crippen LogP contribution in [0.2, 0.25) is 0 Å². The lowest BCUT2D eigenvalue weighted by atomic mass is 9.89. The van der Waals surface area contributed by atoms with Crippen LogP contribution in [0.15, 0.2) is 66.7 Å². The number of carbonyl (C=O) groups is 2. The summed E-state index contributed by atoms with van der Waals surface area (Å²) in [6, 6.07) is 17.1. The highest BCUT2D eigenvalue weighted by atomic mass is 16.7. The Hall–Kier alpha value is -4.64. The van der Waals surface area contributed by atoms with Crippen molar-refractivity contribution in [1.82, 2.24) is 0 Å². The van der Waals surface area contributed by atoms with Crippen molar-refractivity contribution in [2.45, 2.75) is 12.1 Å². The number of amides is 2. The molecule has 0 aliphatic carbocycles. The first-order valence-corrected chi connectivity index (χ1v) is 11.3. The van der Waals surface area contributed by atoms with E-state index in [1.54, 1.807) is 54.6 Å². The van der Waals surface area contributed by atoms with E-state index in [0.29, 0.717) is 11.4 Å². The molecule has 2 fully saturated rings. The third kappa shape index (κ3) is 3.80. The van der Waals surface area contributed by atoms with Gasteiger partial charge >= 0.3 is 0 Å². The third-order valence-electron chi connectivity index (χ3n) is 6.50. The van der Waals surface area contributed by atoms with Gasteiger partial charge in [-0.25, -0.2) is 9.96 Å². The first-order chi connectivity index (χ1) is 17.9. The maximum Gasteiger partial charge on any atom is 0.278 e. The summed E-state index contributed by atoms with van der Waals surface area (Å²) >= 11 is 0. The number of benzene rings is 3. The van der Waals surface area contributed by atoms with E-state index in [0.717, 1.165) is 4.90 Å². The molecule has 11 heteroatoms. The molecule has 5 rings (SSSR count). The molecular weight excluding hydrogens is 482 g/mol. The van der Waals surface area contributed by atoms with Crippen LogP contribution in [-0.4, -0.2) is 44.2 Å². The Bertz CT molecular complexity index is 1380. The number of hydroxylamine groups is 1. The van der Waals surface area contributed by atoms with E-state index in [1.165, 1.54) is 38.5 Å². The molecule has 2 amide bonds. The van der Waals surface area contributed by atoms with Crippen molar-refractivity contribution in [3.8, 4) is 17.2 Å². The number of hydrogen-bond acceptors (Lipinski definition) is 9. The highest BCUT2D eigenvalue weighted by Crippen LogP contribution is 2.51. The van der Waals surface area contributed by atoms with Crippen LogP contribution in [0.5, 0.6) is 17.2 Å². The quantitative estimate of drug-likeness (QED) is 0.269. The molecule has 11 nitrogen and oxygen atoms in total. The van der Waals surface area contributed by atoms with Gasteiger partial charge in [0, 0.05) is 0 Å². The predicted molar refractivity (Wildman–Crippen MR) is 132 cm³/mol. The normalized spacial score (nSPS) is 20.7. The fourth-order valence-electron chi connectivity index (χ4n) is 4.86. The van der Waals surface area contributed by atoms with Crippen LogP contribution in [0.1, 0.15) is 11.6 Å². The van der Waals surface area contributed by atoms with E-state index < -0.39 is 34.8 Å². The molecule has 3 aromatic rings. The van der Waals surface area contributed by atoms with Crippen LogP contribution in [0.3, 0.4) is 0 Å². The van der Waals surface area contributed by atoms with Crippen LogP contribution < -0.4 is 24.2 Å². The molecule has 0 saturated carbocycles. The van der Waals surface area contributed by atoms with Gasteiger partial charge in [0.15, 0.2) is 17.6 Å². The van der Waals surface area contributed by atoms with Gasteiger partial charge in [-0.15, -0.1) is 0 Å². The molecular formula is C26H23N3O8. The minimum Gasteiger partial charge on any atom is -0.495 e. The molecule has 3 atom stereocenters. The number of para-hydroxylation sites is 3. The Kier molecular flexibility index (Phi) is 6.14. The van der Waals surface area contributed by atoms with E-state index in [9.17, 15) is 19.7 Å². The van der Waals surface area contributed by atoms with E-state index in [4.69, 9.17) is 19.0 Å². The van der Waals surface area contributed by atoms with E-state index >= 15 is 0 Å². The number of methoxy groups -OCH3 is 3. The maximum absolute atomic E-state index is 13.9.